The van der Waals surface area contributed by atoms with Crippen molar-refractivity contribution in [1.29, 1.82) is 0 Å². The first-order chi connectivity index (χ1) is 11.5. The van der Waals surface area contributed by atoms with Crippen molar-refractivity contribution < 1.29 is 9.18 Å². The van der Waals surface area contributed by atoms with E-state index < -0.39 is 0 Å². The lowest BCUT2D eigenvalue weighted by atomic mass is 10.2. The number of amides is 2. The minimum Gasteiger partial charge on any atom is -0.337 e. The molecule has 24 heavy (non-hydrogen) atoms. The van der Waals surface area contributed by atoms with Gasteiger partial charge < -0.3 is 15.2 Å². The summed E-state index contributed by atoms with van der Waals surface area (Å²) in [6.45, 7) is 2.50. The predicted molar refractivity (Wildman–Crippen MR) is 92.6 cm³/mol. The highest BCUT2D eigenvalue weighted by Gasteiger charge is 2.08. The lowest BCUT2D eigenvalue weighted by Gasteiger charge is -2.07. The molecule has 0 fully saturated rings. The fourth-order valence-corrected chi connectivity index (χ4v) is 2.58. The van der Waals surface area contributed by atoms with Gasteiger partial charge in [-0.1, -0.05) is 6.07 Å². The van der Waals surface area contributed by atoms with Crippen LogP contribution in [0.5, 0.6) is 0 Å². The van der Waals surface area contributed by atoms with E-state index in [2.05, 4.69) is 27.8 Å². The van der Waals surface area contributed by atoms with Crippen molar-refractivity contribution >= 4 is 22.8 Å². The van der Waals surface area contributed by atoms with E-state index in [9.17, 15) is 9.18 Å². The first kappa shape index (κ1) is 16.0. The predicted octanol–water partition coefficient (Wildman–Crippen LogP) is 3.39. The number of benzene rings is 2. The number of hydrogen-bond acceptors (Lipinski definition) is 2. The van der Waals surface area contributed by atoms with Gasteiger partial charge in [0.15, 0.2) is 0 Å². The molecular formula is C18H19FN4O. The summed E-state index contributed by atoms with van der Waals surface area (Å²) >= 11 is 0. The smallest absolute Gasteiger partial charge is 0.319 e. The highest BCUT2D eigenvalue weighted by molar-refractivity contribution is 5.89. The molecule has 0 aliphatic rings. The zero-order chi connectivity index (χ0) is 17.1. The topological polar surface area (TPSA) is 59.0 Å². The number of nitrogens with zero attached hydrogens (tertiary/aromatic N) is 2. The van der Waals surface area contributed by atoms with Gasteiger partial charge in [0.25, 0.3) is 0 Å². The Morgan fingerprint density at radius 3 is 2.71 bits per heavy atom. The number of anilines is 1. The molecule has 2 amide bonds. The van der Waals surface area contributed by atoms with Crippen molar-refractivity contribution in [2.75, 3.05) is 11.9 Å². The van der Waals surface area contributed by atoms with E-state index in [0.29, 0.717) is 18.7 Å². The molecule has 6 heteroatoms. The number of carbonyl (C=O) groups excluding carboxylic acids is 1. The number of hydrogen-bond donors (Lipinski definition) is 2. The van der Waals surface area contributed by atoms with Crippen molar-refractivity contribution in [2.45, 2.75) is 13.3 Å². The fraction of sp³-hybridized carbons (Fsp3) is 0.222. The Hall–Kier alpha value is -2.89. The number of halogens is 1. The summed E-state index contributed by atoms with van der Waals surface area (Å²) in [6, 6.07) is 11.5. The number of nitrogens with one attached hydrogen (secondary N) is 2. The Kier molecular flexibility index (Phi) is 4.46. The van der Waals surface area contributed by atoms with Gasteiger partial charge in [0.05, 0.1) is 11.0 Å². The molecule has 0 aliphatic heterocycles. The molecule has 0 atom stereocenters. The van der Waals surface area contributed by atoms with E-state index in [4.69, 9.17) is 0 Å². The van der Waals surface area contributed by atoms with Crippen LogP contribution in [-0.2, 0) is 13.5 Å². The van der Waals surface area contributed by atoms with Gasteiger partial charge in [-0.3, -0.25) is 0 Å². The van der Waals surface area contributed by atoms with Gasteiger partial charge in [-0.25, -0.2) is 14.2 Å². The van der Waals surface area contributed by atoms with Crippen LogP contribution in [0.4, 0.5) is 14.9 Å². The zero-order valence-corrected chi connectivity index (χ0v) is 13.6. The van der Waals surface area contributed by atoms with Gasteiger partial charge in [-0.05, 0) is 48.9 Å². The third-order valence-electron chi connectivity index (χ3n) is 3.87. The lowest BCUT2D eigenvalue weighted by Crippen LogP contribution is -2.30. The molecule has 1 heterocycles. The Labute approximate surface area is 139 Å². The minimum atomic E-state index is -0.335. The van der Waals surface area contributed by atoms with Crippen molar-refractivity contribution in [3.8, 4) is 0 Å². The highest BCUT2D eigenvalue weighted by Crippen LogP contribution is 2.16. The summed E-state index contributed by atoms with van der Waals surface area (Å²) in [6.07, 6.45) is 0.626. The molecule has 2 N–H and O–H groups in total. The first-order valence-corrected chi connectivity index (χ1v) is 7.75. The summed E-state index contributed by atoms with van der Waals surface area (Å²) in [5, 5.41) is 5.44. The summed E-state index contributed by atoms with van der Waals surface area (Å²) in [5.41, 5.74) is 3.76. The van der Waals surface area contributed by atoms with E-state index in [0.717, 1.165) is 16.9 Å². The van der Waals surface area contributed by atoms with Crippen LogP contribution in [0.15, 0.2) is 42.5 Å². The van der Waals surface area contributed by atoms with Crippen LogP contribution < -0.4 is 10.6 Å². The van der Waals surface area contributed by atoms with E-state index in [1.54, 1.807) is 0 Å². The quantitative estimate of drug-likeness (QED) is 0.772. The molecule has 124 valence electrons. The second kappa shape index (κ2) is 6.70. The SMILES string of the molecule is Cc1ccc2c(c1)nc(CCNC(=O)Nc1ccc(F)cc1)n2C. The van der Waals surface area contributed by atoms with Crippen LogP contribution in [0.25, 0.3) is 11.0 Å². The summed E-state index contributed by atoms with van der Waals surface area (Å²) in [5.74, 6) is 0.579. The number of rotatable bonds is 4. The Bertz CT molecular complexity index is 871. The molecule has 5 nitrogen and oxygen atoms in total. The van der Waals surface area contributed by atoms with Crippen LogP contribution in [0.2, 0.25) is 0 Å². The van der Waals surface area contributed by atoms with Gasteiger partial charge in [0.1, 0.15) is 11.6 Å². The van der Waals surface area contributed by atoms with E-state index >= 15 is 0 Å². The molecule has 0 aliphatic carbocycles. The van der Waals surface area contributed by atoms with Gasteiger partial charge in [-0.2, -0.15) is 0 Å². The number of imidazole rings is 1. The van der Waals surface area contributed by atoms with Crippen LogP contribution in [0, 0.1) is 12.7 Å². The molecule has 1 aromatic heterocycles. The molecule has 0 bridgehead atoms. The second-order valence-electron chi connectivity index (χ2n) is 5.72. The van der Waals surface area contributed by atoms with Crippen molar-refractivity contribution in [2.24, 2.45) is 7.05 Å². The molecule has 0 radical (unpaired) electrons. The normalized spacial score (nSPS) is 10.8. The highest BCUT2D eigenvalue weighted by atomic mass is 19.1. The number of urea groups is 1. The fourth-order valence-electron chi connectivity index (χ4n) is 2.58. The molecule has 0 saturated heterocycles. The minimum absolute atomic E-state index is 0.323. The first-order valence-electron chi connectivity index (χ1n) is 7.75. The van der Waals surface area contributed by atoms with Crippen molar-refractivity contribution in [3.63, 3.8) is 0 Å². The molecule has 3 rings (SSSR count). The van der Waals surface area contributed by atoms with Crippen LogP contribution in [0.3, 0.4) is 0 Å². The van der Waals surface area contributed by atoms with Gasteiger partial charge >= 0.3 is 6.03 Å². The maximum atomic E-state index is 12.8. The van der Waals surface area contributed by atoms with Crippen LogP contribution >= 0.6 is 0 Å². The average molecular weight is 326 g/mol. The van der Waals surface area contributed by atoms with E-state index in [1.807, 2.05) is 24.6 Å². The summed E-state index contributed by atoms with van der Waals surface area (Å²) in [4.78, 5) is 16.5. The van der Waals surface area contributed by atoms with Crippen molar-refractivity contribution in [3.05, 3.63) is 59.7 Å². The Morgan fingerprint density at radius 1 is 1.21 bits per heavy atom. The molecule has 3 aromatic rings. The molecule has 0 spiro atoms. The van der Waals surface area contributed by atoms with Gasteiger partial charge in [-0.15, -0.1) is 0 Å². The van der Waals surface area contributed by atoms with E-state index in [1.165, 1.54) is 29.8 Å². The van der Waals surface area contributed by atoms with E-state index in [-0.39, 0.29) is 11.8 Å². The number of aryl methyl sites for hydroxylation is 2. The Morgan fingerprint density at radius 2 is 1.96 bits per heavy atom. The van der Waals surface area contributed by atoms with Crippen LogP contribution in [0.1, 0.15) is 11.4 Å². The average Bonchev–Trinajstić information content (AvgIpc) is 2.85. The third-order valence-corrected chi connectivity index (χ3v) is 3.87. The lowest BCUT2D eigenvalue weighted by molar-refractivity contribution is 0.252. The van der Waals surface area contributed by atoms with Gasteiger partial charge in [0.2, 0.25) is 0 Å². The maximum Gasteiger partial charge on any atom is 0.319 e. The summed E-state index contributed by atoms with van der Waals surface area (Å²) < 4.78 is 14.9. The summed E-state index contributed by atoms with van der Waals surface area (Å²) in [7, 11) is 1.97. The van der Waals surface area contributed by atoms with Crippen LogP contribution in [-0.4, -0.2) is 22.1 Å². The Balaban J connectivity index is 1.57. The molecular weight excluding hydrogens is 307 g/mol. The molecule has 0 saturated carbocycles. The standard InChI is InChI=1S/C18H19FN4O/c1-12-3-8-16-15(11-12)22-17(23(16)2)9-10-20-18(24)21-14-6-4-13(19)5-7-14/h3-8,11H,9-10H2,1-2H3,(H2,20,21,24). The number of fused-ring (bicyclic) bond motifs is 1. The monoisotopic (exact) mass is 326 g/mol. The third kappa shape index (κ3) is 3.53. The molecule has 0 unspecified atom stereocenters. The zero-order valence-electron chi connectivity index (χ0n) is 13.6. The largest absolute Gasteiger partial charge is 0.337 e. The molecule has 2 aromatic carbocycles. The van der Waals surface area contributed by atoms with Gasteiger partial charge in [0, 0.05) is 25.7 Å². The van der Waals surface area contributed by atoms with Crippen molar-refractivity contribution in [1.82, 2.24) is 14.9 Å². The second-order valence-corrected chi connectivity index (χ2v) is 5.72. The number of carbonyl (C=O) groups is 1. The maximum absolute atomic E-state index is 12.8. The number of aromatic nitrogens is 2.